The van der Waals surface area contributed by atoms with E-state index >= 15 is 0 Å². The summed E-state index contributed by atoms with van der Waals surface area (Å²) in [5, 5.41) is 0.278. The van der Waals surface area contributed by atoms with Gasteiger partial charge in [0.15, 0.2) is 12.0 Å². The molecule has 106 valence electrons. The second-order valence-corrected chi connectivity index (χ2v) is 4.32. The standard InChI is InChI=1S/C13H13ClFN3O2/c1-19-9-6-10(20-2)18-13(17-9)11(15)7-4-3-5-8(14)12(7)16/h3-6,11H,16H2,1-2H3. The Hall–Kier alpha value is -2.08. The van der Waals surface area contributed by atoms with Crippen LogP contribution >= 0.6 is 11.6 Å². The summed E-state index contributed by atoms with van der Waals surface area (Å²) in [6.07, 6.45) is -1.63. The average Bonchev–Trinajstić information content (AvgIpc) is 2.48. The Kier molecular flexibility index (Phi) is 4.24. The third kappa shape index (κ3) is 2.75. The van der Waals surface area contributed by atoms with Crippen LogP contribution in [0.1, 0.15) is 17.6 Å². The van der Waals surface area contributed by atoms with Crippen LogP contribution in [0.5, 0.6) is 11.8 Å². The molecule has 0 saturated carbocycles. The van der Waals surface area contributed by atoms with E-state index in [9.17, 15) is 4.39 Å². The van der Waals surface area contributed by atoms with Gasteiger partial charge >= 0.3 is 0 Å². The minimum atomic E-state index is -1.63. The summed E-state index contributed by atoms with van der Waals surface area (Å²) in [5.41, 5.74) is 6.13. The minimum absolute atomic E-state index is 0.102. The number of benzene rings is 1. The lowest BCUT2D eigenvalue weighted by molar-refractivity contribution is 0.341. The maximum atomic E-state index is 14.6. The van der Waals surface area contributed by atoms with Gasteiger partial charge in [0, 0.05) is 5.56 Å². The third-order valence-corrected chi connectivity index (χ3v) is 3.03. The Morgan fingerprint density at radius 1 is 1.20 bits per heavy atom. The van der Waals surface area contributed by atoms with E-state index in [0.717, 1.165) is 0 Å². The zero-order chi connectivity index (χ0) is 14.7. The van der Waals surface area contributed by atoms with Crippen molar-refractivity contribution in [2.75, 3.05) is 20.0 Å². The van der Waals surface area contributed by atoms with Gasteiger partial charge in [0.2, 0.25) is 11.8 Å². The van der Waals surface area contributed by atoms with Crippen molar-refractivity contribution in [1.29, 1.82) is 0 Å². The number of nitrogen functional groups attached to an aromatic ring is 1. The van der Waals surface area contributed by atoms with Gasteiger partial charge in [-0.3, -0.25) is 0 Å². The van der Waals surface area contributed by atoms with Crippen LogP contribution in [0.4, 0.5) is 10.1 Å². The minimum Gasteiger partial charge on any atom is -0.481 e. The SMILES string of the molecule is COc1cc(OC)nc(C(F)c2cccc(Cl)c2N)n1. The smallest absolute Gasteiger partial charge is 0.220 e. The predicted octanol–water partition coefficient (Wildman–Crippen LogP) is 2.79. The van der Waals surface area contributed by atoms with Gasteiger partial charge in [0.05, 0.1) is 31.0 Å². The van der Waals surface area contributed by atoms with Crippen molar-refractivity contribution in [2.24, 2.45) is 0 Å². The number of ether oxygens (including phenoxy) is 2. The number of alkyl halides is 1. The first-order valence-electron chi connectivity index (χ1n) is 5.71. The molecule has 1 aromatic carbocycles. The molecule has 0 aliphatic carbocycles. The molecular formula is C13H13ClFN3O2. The first-order chi connectivity index (χ1) is 9.56. The van der Waals surface area contributed by atoms with E-state index in [1.54, 1.807) is 12.1 Å². The Morgan fingerprint density at radius 3 is 2.35 bits per heavy atom. The molecule has 7 heteroatoms. The van der Waals surface area contributed by atoms with Crippen LogP contribution in [0, 0.1) is 0 Å². The molecule has 0 saturated heterocycles. The lowest BCUT2D eigenvalue weighted by Crippen LogP contribution is -2.07. The summed E-state index contributed by atoms with van der Waals surface area (Å²) < 4.78 is 24.5. The predicted molar refractivity (Wildman–Crippen MR) is 74.0 cm³/mol. The summed E-state index contributed by atoms with van der Waals surface area (Å²) in [5.74, 6) is 0.306. The van der Waals surface area contributed by atoms with Crippen molar-refractivity contribution in [1.82, 2.24) is 9.97 Å². The van der Waals surface area contributed by atoms with E-state index in [0.29, 0.717) is 0 Å². The molecule has 20 heavy (non-hydrogen) atoms. The van der Waals surface area contributed by atoms with Gasteiger partial charge in [-0.05, 0) is 6.07 Å². The quantitative estimate of drug-likeness (QED) is 0.879. The van der Waals surface area contributed by atoms with Crippen molar-refractivity contribution in [2.45, 2.75) is 6.17 Å². The van der Waals surface area contributed by atoms with Crippen LogP contribution in [0.25, 0.3) is 0 Å². The molecule has 0 amide bonds. The van der Waals surface area contributed by atoms with Crippen LogP contribution in [0.3, 0.4) is 0 Å². The molecule has 0 bridgehead atoms. The van der Waals surface area contributed by atoms with Crippen LogP contribution in [-0.2, 0) is 0 Å². The topological polar surface area (TPSA) is 70.3 Å². The lowest BCUT2D eigenvalue weighted by atomic mass is 10.1. The van der Waals surface area contributed by atoms with E-state index in [-0.39, 0.29) is 33.9 Å². The molecule has 0 radical (unpaired) electrons. The van der Waals surface area contributed by atoms with Gasteiger partial charge in [-0.2, -0.15) is 9.97 Å². The number of para-hydroxylation sites is 1. The van der Waals surface area contributed by atoms with Crippen molar-refractivity contribution < 1.29 is 13.9 Å². The van der Waals surface area contributed by atoms with Crippen molar-refractivity contribution in [3.05, 3.63) is 40.7 Å². The van der Waals surface area contributed by atoms with Crippen LogP contribution in [0.2, 0.25) is 5.02 Å². The van der Waals surface area contributed by atoms with Crippen molar-refractivity contribution >= 4 is 17.3 Å². The normalized spacial score (nSPS) is 12.0. The highest BCUT2D eigenvalue weighted by molar-refractivity contribution is 6.33. The number of rotatable bonds is 4. The van der Waals surface area contributed by atoms with Crippen molar-refractivity contribution in [3.8, 4) is 11.8 Å². The molecule has 2 aromatic rings. The molecule has 1 aromatic heterocycles. The molecular weight excluding hydrogens is 285 g/mol. The van der Waals surface area contributed by atoms with Crippen LogP contribution in [-0.4, -0.2) is 24.2 Å². The monoisotopic (exact) mass is 297 g/mol. The fraction of sp³-hybridized carbons (Fsp3) is 0.231. The van der Waals surface area contributed by atoms with E-state index < -0.39 is 6.17 Å². The summed E-state index contributed by atoms with van der Waals surface area (Å²) >= 11 is 5.88. The Labute approximate surface area is 120 Å². The first-order valence-corrected chi connectivity index (χ1v) is 6.09. The molecule has 0 fully saturated rings. The van der Waals surface area contributed by atoms with Gasteiger partial charge in [-0.25, -0.2) is 4.39 Å². The highest BCUT2D eigenvalue weighted by Gasteiger charge is 2.21. The maximum absolute atomic E-state index is 14.6. The molecule has 0 spiro atoms. The molecule has 2 N–H and O–H groups in total. The number of hydrogen-bond donors (Lipinski definition) is 1. The highest BCUT2D eigenvalue weighted by Crippen LogP contribution is 2.33. The molecule has 5 nitrogen and oxygen atoms in total. The van der Waals surface area contributed by atoms with Crippen molar-refractivity contribution in [3.63, 3.8) is 0 Å². The van der Waals surface area contributed by atoms with E-state index in [4.69, 9.17) is 26.8 Å². The second-order valence-electron chi connectivity index (χ2n) is 3.92. The number of aromatic nitrogens is 2. The molecule has 2 rings (SSSR count). The van der Waals surface area contributed by atoms with Crippen LogP contribution < -0.4 is 15.2 Å². The zero-order valence-corrected chi connectivity index (χ0v) is 11.7. The van der Waals surface area contributed by atoms with Gasteiger partial charge in [-0.1, -0.05) is 23.7 Å². The van der Waals surface area contributed by atoms with Gasteiger partial charge in [0.1, 0.15) is 0 Å². The van der Waals surface area contributed by atoms with E-state index in [2.05, 4.69) is 9.97 Å². The number of nitrogens with two attached hydrogens (primary N) is 1. The van der Waals surface area contributed by atoms with Gasteiger partial charge in [0.25, 0.3) is 0 Å². The average molecular weight is 298 g/mol. The Balaban J connectivity index is 2.47. The first kappa shape index (κ1) is 14.3. The van der Waals surface area contributed by atoms with E-state index in [1.165, 1.54) is 26.4 Å². The maximum Gasteiger partial charge on any atom is 0.220 e. The molecule has 1 unspecified atom stereocenters. The highest BCUT2D eigenvalue weighted by atomic mass is 35.5. The fourth-order valence-electron chi connectivity index (χ4n) is 1.66. The molecule has 0 aliphatic rings. The Morgan fingerprint density at radius 2 is 1.80 bits per heavy atom. The number of nitrogens with zero attached hydrogens (tertiary/aromatic N) is 2. The number of anilines is 1. The van der Waals surface area contributed by atoms with Crippen LogP contribution in [0.15, 0.2) is 24.3 Å². The largest absolute Gasteiger partial charge is 0.481 e. The Bertz CT molecular complexity index is 602. The summed E-state index contributed by atoms with van der Waals surface area (Å²) in [6, 6.07) is 6.18. The van der Waals surface area contributed by atoms with E-state index in [1.807, 2.05) is 0 Å². The van der Waals surface area contributed by atoms with Gasteiger partial charge in [-0.15, -0.1) is 0 Å². The zero-order valence-electron chi connectivity index (χ0n) is 10.9. The fourth-order valence-corrected chi connectivity index (χ4v) is 1.84. The molecule has 1 atom stereocenters. The summed E-state index contributed by atoms with van der Waals surface area (Å²) in [6.45, 7) is 0. The lowest BCUT2D eigenvalue weighted by Gasteiger charge is -2.12. The summed E-state index contributed by atoms with van der Waals surface area (Å²) in [7, 11) is 2.85. The van der Waals surface area contributed by atoms with Gasteiger partial charge < -0.3 is 15.2 Å². The number of methoxy groups -OCH3 is 2. The third-order valence-electron chi connectivity index (χ3n) is 2.70. The second kappa shape index (κ2) is 5.92. The summed E-state index contributed by atoms with van der Waals surface area (Å²) in [4.78, 5) is 7.92. The molecule has 1 heterocycles. The molecule has 0 aliphatic heterocycles. The number of halogens is 2. The number of hydrogen-bond acceptors (Lipinski definition) is 5.